The van der Waals surface area contributed by atoms with Crippen molar-refractivity contribution in [2.45, 2.75) is 37.6 Å². The molecule has 2 aliphatic rings. The van der Waals surface area contributed by atoms with Gasteiger partial charge in [0.2, 0.25) is 5.43 Å². The van der Waals surface area contributed by atoms with Crippen LogP contribution in [-0.2, 0) is 5.54 Å². The van der Waals surface area contributed by atoms with Crippen LogP contribution in [0, 0.1) is 0 Å². The molecule has 2 aromatic rings. The minimum Gasteiger partial charge on any atom is -0.491 e. The molecule has 1 fully saturated rings. The Morgan fingerprint density at radius 3 is 2.52 bits per heavy atom. The van der Waals surface area contributed by atoms with Crippen molar-refractivity contribution in [3.05, 3.63) is 64.1 Å². The number of methoxy groups -OCH3 is 1. The summed E-state index contributed by atoms with van der Waals surface area (Å²) in [5, 5.41) is 13.0. The van der Waals surface area contributed by atoms with Gasteiger partial charge in [0.15, 0.2) is 11.4 Å². The number of aliphatic hydroxyl groups excluding tert-OH is 1. The smallest absolute Gasteiger partial charge is 0.277 e. The number of aromatic nitrogens is 1. The molecule has 4 rings (SSSR count). The van der Waals surface area contributed by atoms with Gasteiger partial charge in [-0.2, -0.15) is 0 Å². The lowest BCUT2D eigenvalue weighted by atomic mass is 9.79. The van der Waals surface area contributed by atoms with Crippen LogP contribution >= 0.6 is 0 Å². The standard InChI is InChI=1S/C20H23N3O4/c1-20(13-7-5-4-6-8-13)15(25)9-10-16-21(2)19(26)17-18(27-3)14(24)11-12-22(17)23(16)20/h4-8,11-12,15-16,25H,9-10H2,1-3H3/t15-,16?,20+/m0/s1. The Labute approximate surface area is 157 Å². The van der Waals surface area contributed by atoms with Crippen LogP contribution in [0.1, 0.15) is 35.8 Å². The molecule has 27 heavy (non-hydrogen) atoms. The van der Waals surface area contributed by atoms with Crippen molar-refractivity contribution in [2.75, 3.05) is 19.2 Å². The van der Waals surface area contributed by atoms with Crippen molar-refractivity contribution < 1.29 is 14.6 Å². The van der Waals surface area contributed by atoms with Crippen LogP contribution in [0.5, 0.6) is 5.75 Å². The van der Waals surface area contributed by atoms with Gasteiger partial charge in [-0.1, -0.05) is 30.3 Å². The second-order valence-electron chi connectivity index (χ2n) is 7.25. The summed E-state index contributed by atoms with van der Waals surface area (Å²) in [4.78, 5) is 26.9. The molecular weight excluding hydrogens is 346 g/mol. The molecule has 1 unspecified atom stereocenters. The van der Waals surface area contributed by atoms with Crippen molar-refractivity contribution in [3.63, 3.8) is 0 Å². The third kappa shape index (κ3) is 2.31. The zero-order valence-electron chi connectivity index (χ0n) is 15.6. The Hall–Kier alpha value is -2.80. The van der Waals surface area contributed by atoms with Gasteiger partial charge in [0.25, 0.3) is 5.91 Å². The van der Waals surface area contributed by atoms with Crippen molar-refractivity contribution in [3.8, 4) is 5.75 Å². The summed E-state index contributed by atoms with van der Waals surface area (Å²) in [7, 11) is 3.11. The van der Waals surface area contributed by atoms with E-state index in [4.69, 9.17) is 4.74 Å². The van der Waals surface area contributed by atoms with E-state index in [1.165, 1.54) is 13.2 Å². The van der Waals surface area contributed by atoms with Crippen molar-refractivity contribution in [2.24, 2.45) is 0 Å². The van der Waals surface area contributed by atoms with E-state index < -0.39 is 11.6 Å². The first-order chi connectivity index (χ1) is 12.9. The van der Waals surface area contributed by atoms with Gasteiger partial charge in [-0.25, -0.2) is 0 Å². The van der Waals surface area contributed by atoms with Gasteiger partial charge in [-0.15, -0.1) is 0 Å². The second-order valence-corrected chi connectivity index (χ2v) is 7.25. The molecule has 2 aliphatic heterocycles. The normalized spacial score (nSPS) is 27.2. The van der Waals surface area contributed by atoms with E-state index >= 15 is 0 Å². The first-order valence-electron chi connectivity index (χ1n) is 9.01. The second kappa shape index (κ2) is 6.13. The Balaban J connectivity index is 2.01. The molecule has 1 saturated heterocycles. The lowest BCUT2D eigenvalue weighted by molar-refractivity contribution is -0.0102. The van der Waals surface area contributed by atoms with E-state index in [0.717, 1.165) is 5.56 Å². The van der Waals surface area contributed by atoms with Crippen LogP contribution in [0.4, 0.5) is 0 Å². The molecule has 1 aromatic heterocycles. The fourth-order valence-electron chi connectivity index (χ4n) is 4.38. The minimum atomic E-state index is -0.784. The highest BCUT2D eigenvalue weighted by molar-refractivity contribution is 5.96. The number of fused-ring (bicyclic) bond motifs is 3. The van der Waals surface area contributed by atoms with Gasteiger partial charge >= 0.3 is 0 Å². The molecule has 1 N–H and O–H groups in total. The number of carbonyl (C=O) groups excluding carboxylic acids is 1. The van der Waals surface area contributed by atoms with Gasteiger partial charge in [0, 0.05) is 19.3 Å². The number of rotatable bonds is 2. The monoisotopic (exact) mass is 369 g/mol. The van der Waals surface area contributed by atoms with Crippen molar-refractivity contribution >= 4 is 5.91 Å². The summed E-state index contributed by atoms with van der Waals surface area (Å²) in [6, 6.07) is 11.1. The van der Waals surface area contributed by atoms with Crippen molar-refractivity contribution in [1.82, 2.24) is 9.58 Å². The predicted octanol–water partition coefficient (Wildman–Crippen LogP) is 1.28. The fourth-order valence-corrected chi connectivity index (χ4v) is 4.38. The maximum atomic E-state index is 13.0. The molecule has 0 bridgehead atoms. The maximum Gasteiger partial charge on any atom is 0.277 e. The molecule has 1 amide bonds. The first-order valence-corrected chi connectivity index (χ1v) is 9.01. The topological polar surface area (TPSA) is 75.0 Å². The predicted molar refractivity (Wildman–Crippen MR) is 100 cm³/mol. The molecule has 3 atom stereocenters. The molecule has 7 nitrogen and oxygen atoms in total. The number of aliphatic hydroxyl groups is 1. The summed E-state index contributed by atoms with van der Waals surface area (Å²) in [6.07, 6.45) is 1.90. The summed E-state index contributed by atoms with van der Waals surface area (Å²) >= 11 is 0. The quantitative estimate of drug-likeness (QED) is 0.863. The molecule has 0 saturated carbocycles. The van der Waals surface area contributed by atoms with Crippen LogP contribution in [0.2, 0.25) is 0 Å². The average Bonchev–Trinajstić information content (AvgIpc) is 2.69. The Kier molecular flexibility index (Phi) is 3.99. The maximum absolute atomic E-state index is 13.0. The summed E-state index contributed by atoms with van der Waals surface area (Å²) in [5.41, 5.74) is -0.00923. The third-order valence-corrected chi connectivity index (χ3v) is 5.90. The molecule has 1 aromatic carbocycles. The van der Waals surface area contributed by atoms with Gasteiger partial charge in [-0.3, -0.25) is 19.3 Å². The number of benzene rings is 1. The lowest BCUT2D eigenvalue weighted by Crippen LogP contribution is -2.71. The number of piperidine rings is 1. The van der Waals surface area contributed by atoms with E-state index in [1.807, 2.05) is 42.3 Å². The number of amides is 1. The molecule has 3 heterocycles. The highest BCUT2D eigenvalue weighted by atomic mass is 16.5. The van der Waals surface area contributed by atoms with Crippen LogP contribution in [0.3, 0.4) is 0 Å². The highest BCUT2D eigenvalue weighted by Gasteiger charge is 2.53. The Morgan fingerprint density at radius 2 is 1.85 bits per heavy atom. The largest absolute Gasteiger partial charge is 0.491 e. The zero-order valence-corrected chi connectivity index (χ0v) is 15.6. The molecule has 0 spiro atoms. The molecule has 0 radical (unpaired) electrons. The first kappa shape index (κ1) is 17.6. The molecule has 0 aliphatic carbocycles. The van der Waals surface area contributed by atoms with Gasteiger partial charge in [-0.05, 0) is 25.3 Å². The third-order valence-electron chi connectivity index (χ3n) is 5.90. The van der Waals surface area contributed by atoms with Crippen LogP contribution in [0.15, 0.2) is 47.4 Å². The van der Waals surface area contributed by atoms with E-state index in [-0.39, 0.29) is 28.9 Å². The number of ether oxygens (including phenoxy) is 1. The number of nitrogens with zero attached hydrogens (tertiary/aromatic N) is 3. The summed E-state index contributed by atoms with van der Waals surface area (Å²) in [6.45, 7) is 1.97. The molecule has 7 heteroatoms. The highest BCUT2D eigenvalue weighted by Crippen LogP contribution is 2.42. The molecular formula is C20H23N3O4. The van der Waals surface area contributed by atoms with Crippen LogP contribution in [-0.4, -0.2) is 47.0 Å². The van der Waals surface area contributed by atoms with E-state index in [9.17, 15) is 14.7 Å². The summed E-state index contributed by atoms with van der Waals surface area (Å²) in [5.74, 6) is -0.249. The Morgan fingerprint density at radius 1 is 1.15 bits per heavy atom. The minimum absolute atomic E-state index is 0.0169. The Bertz CT molecular complexity index is 942. The molecule has 142 valence electrons. The number of hydrogen-bond acceptors (Lipinski definition) is 5. The van der Waals surface area contributed by atoms with Gasteiger partial charge in [0.1, 0.15) is 11.7 Å². The average molecular weight is 369 g/mol. The SMILES string of the molecule is COc1c2n(ccc1=O)N1C(CC[C@H](O)[C@@]1(C)c1ccccc1)N(C)C2=O. The van der Waals surface area contributed by atoms with E-state index in [2.05, 4.69) is 0 Å². The number of carbonyl (C=O) groups is 1. The fraction of sp³-hybridized carbons (Fsp3) is 0.400. The van der Waals surface area contributed by atoms with E-state index in [1.54, 1.807) is 22.8 Å². The zero-order chi connectivity index (χ0) is 19.3. The van der Waals surface area contributed by atoms with Gasteiger partial charge in [0.05, 0.1) is 13.2 Å². The number of pyridine rings is 1. The van der Waals surface area contributed by atoms with E-state index in [0.29, 0.717) is 12.8 Å². The van der Waals surface area contributed by atoms with Crippen LogP contribution < -0.4 is 15.2 Å². The van der Waals surface area contributed by atoms with Gasteiger partial charge < -0.3 is 14.7 Å². The summed E-state index contributed by atoms with van der Waals surface area (Å²) < 4.78 is 6.96. The lowest BCUT2D eigenvalue weighted by Gasteiger charge is -2.58. The number of hydrogen-bond donors (Lipinski definition) is 1. The van der Waals surface area contributed by atoms with Crippen LogP contribution in [0.25, 0.3) is 0 Å². The van der Waals surface area contributed by atoms with Crippen molar-refractivity contribution in [1.29, 1.82) is 0 Å².